The van der Waals surface area contributed by atoms with E-state index in [9.17, 15) is 27.6 Å². The number of H-pyrrole nitrogens is 1. The highest BCUT2D eigenvalue weighted by Gasteiger charge is 2.50. The lowest BCUT2D eigenvalue weighted by molar-refractivity contribution is -0.746. The topological polar surface area (TPSA) is 112 Å². The lowest BCUT2D eigenvalue weighted by Gasteiger charge is -2.21. The predicted molar refractivity (Wildman–Crippen MR) is 109 cm³/mol. The first kappa shape index (κ1) is 22.8. The van der Waals surface area contributed by atoms with E-state index in [-0.39, 0.29) is 41.4 Å². The SMILES string of the molecule is C[n+]1[nH]oc(=O)c1CN1C(=S)N(C2CC2)C(=O)C1CC(=O)Nc1ccc(OC(F)(F)F)cc1. The summed E-state index contributed by atoms with van der Waals surface area (Å²) < 4.78 is 46.8. The minimum absolute atomic E-state index is 0.0295. The van der Waals surface area contributed by atoms with Crippen LogP contribution in [0.3, 0.4) is 0 Å². The molecule has 33 heavy (non-hydrogen) atoms. The summed E-state index contributed by atoms with van der Waals surface area (Å²) in [6, 6.07) is 3.65. The molecule has 0 bridgehead atoms. The van der Waals surface area contributed by atoms with Gasteiger partial charge in [-0.25, -0.2) is 4.79 Å². The van der Waals surface area contributed by atoms with Crippen LogP contribution in [0.25, 0.3) is 0 Å². The first-order chi connectivity index (χ1) is 15.5. The van der Waals surface area contributed by atoms with Crippen molar-refractivity contribution in [2.75, 3.05) is 5.32 Å². The molecule has 0 radical (unpaired) electrons. The Morgan fingerprint density at radius 1 is 1.30 bits per heavy atom. The van der Waals surface area contributed by atoms with E-state index in [0.717, 1.165) is 25.0 Å². The Labute approximate surface area is 189 Å². The van der Waals surface area contributed by atoms with Gasteiger partial charge in [0.25, 0.3) is 5.91 Å². The Morgan fingerprint density at radius 2 is 1.97 bits per heavy atom. The minimum atomic E-state index is -4.82. The monoisotopic (exact) mass is 486 g/mol. The number of thiocarbonyl (C=S) groups is 1. The van der Waals surface area contributed by atoms with E-state index in [0.29, 0.717) is 0 Å². The highest BCUT2D eigenvalue weighted by Crippen LogP contribution is 2.34. The molecule has 2 fully saturated rings. The summed E-state index contributed by atoms with van der Waals surface area (Å²) in [5.74, 6) is -1.32. The van der Waals surface area contributed by atoms with Gasteiger partial charge in [0.15, 0.2) is 12.2 Å². The lowest BCUT2D eigenvalue weighted by Crippen LogP contribution is -2.44. The molecule has 1 aliphatic carbocycles. The van der Waals surface area contributed by atoms with Gasteiger partial charge in [-0.2, -0.15) is 0 Å². The van der Waals surface area contributed by atoms with Crippen LogP contribution in [-0.2, 0) is 23.2 Å². The molecule has 1 unspecified atom stereocenters. The van der Waals surface area contributed by atoms with E-state index in [1.165, 1.54) is 26.6 Å². The Bertz CT molecular complexity index is 1140. The lowest BCUT2D eigenvalue weighted by atomic mass is 10.1. The molecular weight excluding hydrogens is 467 g/mol. The summed E-state index contributed by atoms with van der Waals surface area (Å²) in [5, 5.41) is 5.17. The zero-order valence-electron chi connectivity index (χ0n) is 17.2. The fraction of sp³-hybridized carbons (Fsp3) is 0.421. The van der Waals surface area contributed by atoms with Crippen LogP contribution in [0.1, 0.15) is 25.0 Å². The number of aromatic nitrogens is 2. The van der Waals surface area contributed by atoms with Gasteiger partial charge < -0.3 is 15.0 Å². The average Bonchev–Trinajstić information content (AvgIpc) is 3.47. The van der Waals surface area contributed by atoms with Crippen molar-refractivity contribution >= 4 is 34.8 Å². The van der Waals surface area contributed by atoms with Crippen molar-refractivity contribution in [2.45, 2.75) is 44.3 Å². The Balaban J connectivity index is 1.48. The number of aryl methyl sites for hydroxylation is 1. The zero-order chi connectivity index (χ0) is 23.9. The molecule has 2 aromatic rings. The fourth-order valence-corrected chi connectivity index (χ4v) is 3.96. The van der Waals surface area contributed by atoms with Crippen molar-refractivity contribution < 1.29 is 36.7 Å². The maximum Gasteiger partial charge on any atom is 0.573 e. The number of amides is 2. The van der Waals surface area contributed by atoms with Crippen molar-refractivity contribution in [3.63, 3.8) is 0 Å². The molecule has 1 aromatic heterocycles. The van der Waals surface area contributed by atoms with E-state index in [1.807, 2.05) is 0 Å². The van der Waals surface area contributed by atoms with Gasteiger partial charge in [-0.1, -0.05) is 4.68 Å². The number of carbonyl (C=O) groups is 2. The molecule has 0 spiro atoms. The summed E-state index contributed by atoms with van der Waals surface area (Å²) in [5.41, 5.74) is -0.179. The summed E-state index contributed by atoms with van der Waals surface area (Å²) in [6.07, 6.45) is -3.51. The van der Waals surface area contributed by atoms with E-state index in [4.69, 9.17) is 16.7 Å². The minimum Gasteiger partial charge on any atom is -0.406 e. The van der Waals surface area contributed by atoms with Crippen LogP contribution in [0, 0.1) is 0 Å². The number of rotatable bonds is 7. The Hall–Kier alpha value is -3.42. The van der Waals surface area contributed by atoms with E-state index < -0.39 is 29.7 Å². The average molecular weight is 486 g/mol. The predicted octanol–water partition coefficient (Wildman–Crippen LogP) is 1.18. The summed E-state index contributed by atoms with van der Waals surface area (Å²) in [6.45, 7) is -0.0441. The maximum absolute atomic E-state index is 13.0. The van der Waals surface area contributed by atoms with Gasteiger partial charge in [-0.15, -0.1) is 13.2 Å². The standard InChI is InChI=1S/C19H18F3N5O5S/c1-25-14(17(30)32-24-25)9-26-13(16(29)27(18(26)33)11-4-5-11)8-15(28)23-10-2-6-12(7-3-10)31-19(20,21)22/h2-3,6-7,11,13H,4-5,8-9H2,1H3,(H-,23,24,28,30)/p+1. The van der Waals surface area contributed by atoms with Crippen molar-refractivity contribution in [1.29, 1.82) is 0 Å². The summed E-state index contributed by atoms with van der Waals surface area (Å²) in [7, 11) is 1.56. The van der Waals surface area contributed by atoms with E-state index in [2.05, 4.69) is 15.3 Å². The van der Waals surface area contributed by atoms with Crippen molar-refractivity contribution in [3.8, 4) is 5.75 Å². The summed E-state index contributed by atoms with van der Waals surface area (Å²) >= 11 is 5.47. The Kier molecular flexibility index (Phi) is 5.86. The molecule has 1 aliphatic heterocycles. The second-order valence-electron chi connectivity index (χ2n) is 7.68. The van der Waals surface area contributed by atoms with Gasteiger partial charge in [0.1, 0.15) is 18.3 Å². The van der Waals surface area contributed by atoms with Gasteiger partial charge in [0.05, 0.1) is 6.42 Å². The van der Waals surface area contributed by atoms with Gasteiger partial charge in [-0.05, 0) is 54.6 Å². The number of halogens is 3. The largest absolute Gasteiger partial charge is 0.573 e. The number of anilines is 1. The number of benzene rings is 1. The Morgan fingerprint density at radius 3 is 2.52 bits per heavy atom. The number of ether oxygens (including phenoxy) is 1. The van der Waals surface area contributed by atoms with E-state index >= 15 is 0 Å². The number of hydrogen-bond acceptors (Lipinski definition) is 6. The molecule has 2 aliphatic rings. The smallest absolute Gasteiger partial charge is 0.406 e. The van der Waals surface area contributed by atoms with E-state index in [1.54, 1.807) is 7.05 Å². The van der Waals surface area contributed by atoms with Crippen LogP contribution in [0.15, 0.2) is 33.6 Å². The molecule has 1 atom stereocenters. The molecule has 176 valence electrons. The van der Waals surface area contributed by atoms with Crippen LogP contribution >= 0.6 is 12.2 Å². The van der Waals surface area contributed by atoms with Crippen LogP contribution in [0.5, 0.6) is 5.75 Å². The number of alkyl halides is 3. The third-order valence-electron chi connectivity index (χ3n) is 5.25. The number of nitrogens with zero attached hydrogens (tertiary/aromatic N) is 3. The van der Waals surface area contributed by atoms with Gasteiger partial charge >= 0.3 is 17.7 Å². The first-order valence-electron chi connectivity index (χ1n) is 9.89. The van der Waals surface area contributed by atoms with Gasteiger partial charge in [0, 0.05) is 11.7 Å². The number of aromatic amines is 1. The van der Waals surface area contributed by atoms with Crippen LogP contribution in [-0.4, -0.2) is 50.4 Å². The molecule has 1 aromatic carbocycles. The van der Waals surface area contributed by atoms with Crippen molar-refractivity contribution in [3.05, 3.63) is 40.4 Å². The third kappa shape index (κ3) is 4.99. The number of carbonyl (C=O) groups excluding carboxylic acids is 2. The molecule has 2 N–H and O–H groups in total. The molecule has 14 heteroatoms. The number of hydrogen-bond donors (Lipinski definition) is 2. The highest BCUT2D eigenvalue weighted by atomic mass is 32.1. The van der Waals surface area contributed by atoms with Crippen molar-refractivity contribution in [2.24, 2.45) is 7.05 Å². The quantitative estimate of drug-likeness (QED) is 0.447. The molecule has 2 amide bonds. The molecule has 10 nitrogen and oxygen atoms in total. The van der Waals surface area contributed by atoms with Crippen LogP contribution in [0.2, 0.25) is 0 Å². The molecule has 1 saturated heterocycles. The molecule has 4 rings (SSSR count). The zero-order valence-corrected chi connectivity index (χ0v) is 18.0. The summed E-state index contributed by atoms with van der Waals surface area (Å²) in [4.78, 5) is 40.7. The third-order valence-corrected chi connectivity index (χ3v) is 5.68. The van der Waals surface area contributed by atoms with Crippen LogP contribution < -0.4 is 20.4 Å². The normalized spacial score (nSPS) is 18.7. The molecular formula is C19H19F3N5O5S+. The molecule has 2 heterocycles. The highest BCUT2D eigenvalue weighted by molar-refractivity contribution is 7.80. The second-order valence-corrected chi connectivity index (χ2v) is 8.04. The number of nitrogens with one attached hydrogen (secondary N) is 2. The first-order valence-corrected chi connectivity index (χ1v) is 10.3. The van der Waals surface area contributed by atoms with Gasteiger partial charge in [0.2, 0.25) is 5.91 Å². The van der Waals surface area contributed by atoms with Crippen LogP contribution in [0.4, 0.5) is 18.9 Å². The fourth-order valence-electron chi connectivity index (χ4n) is 3.52. The second kappa shape index (κ2) is 8.50. The van der Waals surface area contributed by atoms with Crippen molar-refractivity contribution in [1.82, 2.24) is 15.1 Å². The maximum atomic E-state index is 13.0. The molecule has 1 saturated carbocycles. The van der Waals surface area contributed by atoms with Gasteiger partial charge in [-0.3, -0.25) is 19.0 Å².